The Morgan fingerprint density at radius 3 is 2.87 bits per heavy atom. The van der Waals surface area contributed by atoms with Crippen LogP contribution in [0.25, 0.3) is 5.65 Å². The maximum atomic E-state index is 11.6. The highest BCUT2D eigenvalue weighted by Gasteiger charge is 2.06. The van der Waals surface area contributed by atoms with E-state index in [9.17, 15) is 9.90 Å². The van der Waals surface area contributed by atoms with Gasteiger partial charge >= 0.3 is 0 Å². The van der Waals surface area contributed by atoms with E-state index in [1.165, 1.54) is 16.5 Å². The zero-order valence-electron chi connectivity index (χ0n) is 8.51. The Morgan fingerprint density at radius 1 is 1.47 bits per heavy atom. The normalized spacial score (nSPS) is 10.5. The quantitative estimate of drug-likeness (QED) is 0.735. The molecule has 0 radical (unpaired) electrons. The van der Waals surface area contributed by atoms with E-state index in [0.717, 1.165) is 0 Å². The van der Waals surface area contributed by atoms with Crippen molar-refractivity contribution < 1.29 is 5.11 Å². The summed E-state index contributed by atoms with van der Waals surface area (Å²) in [6, 6.07) is 4.52. The maximum Gasteiger partial charge on any atom is 0.260 e. The second-order valence-electron chi connectivity index (χ2n) is 3.43. The van der Waals surface area contributed by atoms with Gasteiger partial charge in [-0.1, -0.05) is 0 Å². The van der Waals surface area contributed by atoms with Gasteiger partial charge in [0.25, 0.3) is 5.56 Å². The fraction of sp³-hybridized carbons (Fsp3) is 0.200. The molecule has 0 aromatic carbocycles. The summed E-state index contributed by atoms with van der Waals surface area (Å²) < 4.78 is 1.31. The minimum absolute atomic E-state index is 0.00157. The molecule has 5 nitrogen and oxygen atoms in total. The maximum absolute atomic E-state index is 11.6. The Balaban J connectivity index is 2.86. The number of nitrogens with zero attached hydrogens (tertiary/aromatic N) is 3. The van der Waals surface area contributed by atoms with Crippen molar-refractivity contribution >= 4 is 11.5 Å². The summed E-state index contributed by atoms with van der Waals surface area (Å²) in [5, 5.41) is 9.56. The summed E-state index contributed by atoms with van der Waals surface area (Å²) in [5.41, 5.74) is 0.0632. The molecule has 0 unspecified atom stereocenters. The minimum Gasteiger partial charge on any atom is -0.504 e. The molecule has 0 bridgehead atoms. The van der Waals surface area contributed by atoms with Crippen LogP contribution in [0, 0.1) is 0 Å². The molecule has 1 N–H and O–H groups in total. The van der Waals surface area contributed by atoms with Crippen LogP contribution in [0.2, 0.25) is 0 Å². The number of anilines is 1. The van der Waals surface area contributed by atoms with E-state index in [0.29, 0.717) is 5.82 Å². The highest BCUT2D eigenvalue weighted by molar-refractivity contribution is 5.56. The van der Waals surface area contributed by atoms with Gasteiger partial charge in [-0.25, -0.2) is 4.98 Å². The van der Waals surface area contributed by atoms with Crippen LogP contribution >= 0.6 is 0 Å². The van der Waals surface area contributed by atoms with Crippen molar-refractivity contribution in [3.05, 3.63) is 34.7 Å². The van der Waals surface area contributed by atoms with Crippen LogP contribution in [0.15, 0.2) is 29.2 Å². The van der Waals surface area contributed by atoms with Crippen LogP contribution in [0.3, 0.4) is 0 Å². The lowest BCUT2D eigenvalue weighted by molar-refractivity contribution is 0.476. The molecule has 0 fully saturated rings. The number of fused-ring (bicyclic) bond motifs is 1. The lowest BCUT2D eigenvalue weighted by Gasteiger charge is -2.11. The Bertz CT molecular complexity index is 560. The van der Waals surface area contributed by atoms with Crippen LogP contribution in [-0.2, 0) is 0 Å². The average Bonchev–Trinajstić information content (AvgIpc) is 2.19. The number of rotatable bonds is 1. The molecule has 0 aliphatic rings. The Hall–Kier alpha value is -2.04. The summed E-state index contributed by atoms with van der Waals surface area (Å²) in [6.07, 6.45) is 1.57. The molecule has 0 spiro atoms. The molecule has 0 saturated carbocycles. The summed E-state index contributed by atoms with van der Waals surface area (Å²) in [4.78, 5) is 17.5. The minimum atomic E-state index is -0.209. The lowest BCUT2D eigenvalue weighted by Crippen LogP contribution is -2.19. The van der Waals surface area contributed by atoms with Gasteiger partial charge < -0.3 is 10.0 Å². The van der Waals surface area contributed by atoms with Crippen LogP contribution in [-0.4, -0.2) is 28.6 Å². The van der Waals surface area contributed by atoms with Gasteiger partial charge in [-0.05, 0) is 12.1 Å². The number of aromatic hydroxyl groups is 1. The monoisotopic (exact) mass is 205 g/mol. The van der Waals surface area contributed by atoms with E-state index in [1.807, 2.05) is 0 Å². The average molecular weight is 205 g/mol. The summed E-state index contributed by atoms with van der Waals surface area (Å²) in [6.45, 7) is 0. The molecule has 0 aliphatic carbocycles. The van der Waals surface area contributed by atoms with Gasteiger partial charge in [0.05, 0.1) is 0 Å². The zero-order chi connectivity index (χ0) is 11.0. The first-order chi connectivity index (χ1) is 7.09. The second kappa shape index (κ2) is 3.27. The molecule has 15 heavy (non-hydrogen) atoms. The van der Waals surface area contributed by atoms with Gasteiger partial charge in [-0.15, -0.1) is 0 Å². The third-order valence-corrected chi connectivity index (χ3v) is 2.12. The SMILES string of the molecule is CN(C)c1cc(=O)n2cccc(O)c2n1. The fourth-order valence-electron chi connectivity index (χ4n) is 1.33. The van der Waals surface area contributed by atoms with E-state index >= 15 is 0 Å². The first-order valence-electron chi connectivity index (χ1n) is 4.48. The van der Waals surface area contributed by atoms with Gasteiger partial charge in [0.15, 0.2) is 11.4 Å². The van der Waals surface area contributed by atoms with Crippen molar-refractivity contribution in [3.8, 4) is 5.75 Å². The molecule has 0 amide bonds. The van der Waals surface area contributed by atoms with Gasteiger partial charge in [-0.3, -0.25) is 9.20 Å². The third kappa shape index (κ3) is 1.52. The highest BCUT2D eigenvalue weighted by Crippen LogP contribution is 2.15. The van der Waals surface area contributed by atoms with E-state index in [4.69, 9.17) is 0 Å². The smallest absolute Gasteiger partial charge is 0.260 e. The van der Waals surface area contributed by atoms with Crippen LogP contribution < -0.4 is 10.5 Å². The molecule has 2 heterocycles. The molecule has 2 rings (SSSR count). The standard InChI is InChI=1S/C10H11N3O2/c1-12(2)8-6-9(15)13-5-3-4-7(14)10(13)11-8/h3-6,14H,1-2H3. The van der Waals surface area contributed by atoms with Crippen molar-refractivity contribution in [2.24, 2.45) is 0 Å². The van der Waals surface area contributed by atoms with E-state index in [1.54, 1.807) is 31.3 Å². The van der Waals surface area contributed by atoms with Crippen molar-refractivity contribution in [1.29, 1.82) is 0 Å². The number of aromatic nitrogens is 2. The van der Waals surface area contributed by atoms with Crippen molar-refractivity contribution in [1.82, 2.24) is 9.38 Å². The van der Waals surface area contributed by atoms with Crippen molar-refractivity contribution in [2.45, 2.75) is 0 Å². The Kier molecular flexibility index (Phi) is 2.07. The second-order valence-corrected chi connectivity index (χ2v) is 3.43. The molecular formula is C10H11N3O2. The zero-order valence-corrected chi connectivity index (χ0v) is 8.51. The molecule has 78 valence electrons. The van der Waals surface area contributed by atoms with Crippen LogP contribution in [0.1, 0.15) is 0 Å². The van der Waals surface area contributed by atoms with Gasteiger partial charge in [0, 0.05) is 26.4 Å². The largest absolute Gasteiger partial charge is 0.504 e. The molecule has 2 aromatic rings. The highest BCUT2D eigenvalue weighted by atomic mass is 16.3. The molecule has 2 aromatic heterocycles. The van der Waals surface area contributed by atoms with Crippen LogP contribution in [0.4, 0.5) is 5.82 Å². The first kappa shape index (κ1) is 9.51. The van der Waals surface area contributed by atoms with E-state index < -0.39 is 0 Å². The van der Waals surface area contributed by atoms with Crippen LogP contribution in [0.5, 0.6) is 5.75 Å². The predicted octanol–water partition coefficient (Wildman–Crippen LogP) is 0.466. The van der Waals surface area contributed by atoms with Crippen molar-refractivity contribution in [2.75, 3.05) is 19.0 Å². The first-order valence-corrected chi connectivity index (χ1v) is 4.48. The number of pyridine rings is 1. The van der Waals surface area contributed by atoms with Gasteiger partial charge in [-0.2, -0.15) is 0 Å². The molecule has 0 saturated heterocycles. The van der Waals surface area contributed by atoms with E-state index in [2.05, 4.69) is 4.98 Å². The predicted molar refractivity (Wildman–Crippen MR) is 57.5 cm³/mol. The van der Waals surface area contributed by atoms with Gasteiger partial charge in [0.1, 0.15) is 5.82 Å². The molecule has 0 atom stereocenters. The summed E-state index contributed by atoms with van der Waals surface area (Å²) in [5.74, 6) is 0.528. The van der Waals surface area contributed by atoms with E-state index in [-0.39, 0.29) is 17.0 Å². The Labute approximate surface area is 86.2 Å². The molecule has 5 heteroatoms. The molecule has 0 aliphatic heterocycles. The Morgan fingerprint density at radius 2 is 2.20 bits per heavy atom. The topological polar surface area (TPSA) is 57.8 Å². The van der Waals surface area contributed by atoms with Crippen molar-refractivity contribution in [3.63, 3.8) is 0 Å². The summed E-state index contributed by atoms with van der Waals surface area (Å²) >= 11 is 0. The fourth-order valence-corrected chi connectivity index (χ4v) is 1.33. The summed E-state index contributed by atoms with van der Waals surface area (Å²) in [7, 11) is 3.58. The lowest BCUT2D eigenvalue weighted by atomic mass is 10.4. The molecular weight excluding hydrogens is 194 g/mol. The van der Waals surface area contributed by atoms with Gasteiger partial charge in [0.2, 0.25) is 0 Å². The number of hydrogen-bond donors (Lipinski definition) is 1. The number of hydrogen-bond acceptors (Lipinski definition) is 4. The third-order valence-electron chi connectivity index (χ3n) is 2.12.